The monoisotopic (exact) mass is 443 g/mol. The lowest BCUT2D eigenvalue weighted by Crippen LogP contribution is -2.21. The van der Waals surface area contributed by atoms with Crippen molar-refractivity contribution in [2.45, 2.75) is 6.42 Å². The normalized spacial score (nSPS) is 12.7. The zero-order valence-corrected chi connectivity index (χ0v) is 17.9. The number of fused-ring (bicyclic) bond motifs is 1. The second-order valence-electron chi connectivity index (χ2n) is 7.45. The maximum atomic E-state index is 14.2. The molecule has 2 heterocycles. The molecule has 3 aromatic rings. The van der Waals surface area contributed by atoms with Gasteiger partial charge in [-0.05, 0) is 30.2 Å². The molecule has 0 unspecified atom stereocenters. The topological polar surface area (TPSA) is 73.6 Å². The van der Waals surface area contributed by atoms with Crippen LogP contribution in [0.2, 0.25) is 0 Å². The first-order valence-electron chi connectivity index (χ1n) is 9.32. The lowest BCUT2D eigenvalue weighted by Gasteiger charge is -2.15. The molecule has 0 N–H and O–H groups in total. The average molecular weight is 443 g/mol. The van der Waals surface area contributed by atoms with Gasteiger partial charge in [-0.25, -0.2) is 18.0 Å². The van der Waals surface area contributed by atoms with Gasteiger partial charge in [-0.15, -0.1) is 0 Å². The Bertz CT molecular complexity index is 1410. The van der Waals surface area contributed by atoms with Crippen LogP contribution < -0.4 is 10.3 Å². The summed E-state index contributed by atoms with van der Waals surface area (Å²) in [7, 11) is -0.826. The third-order valence-corrected chi connectivity index (χ3v) is 5.33. The first kappa shape index (κ1) is 20.9. The van der Waals surface area contributed by atoms with Crippen molar-refractivity contribution in [3.05, 3.63) is 75.9 Å². The highest BCUT2D eigenvalue weighted by molar-refractivity contribution is 7.92. The van der Waals surface area contributed by atoms with Crippen LogP contribution in [-0.4, -0.2) is 26.3 Å². The van der Waals surface area contributed by atoms with E-state index in [2.05, 4.69) is 9.35 Å². The van der Waals surface area contributed by atoms with Gasteiger partial charge in [-0.1, -0.05) is 12.2 Å². The van der Waals surface area contributed by atoms with E-state index in [9.17, 15) is 17.8 Å². The van der Waals surface area contributed by atoms with Crippen LogP contribution in [0.1, 0.15) is 11.1 Å². The standard InChI is InChI=1S/C22H19F2N3O3S/c1-27-12-18(15-5-4-6-16(15)22(27)28)17-10-14(26-31(2,3)29)11-25-21(17)30-20-8-7-13(23)9-19(20)24/h4-5,7-12H,6H2,1-3H3. The number of aromatic nitrogens is 2. The number of ether oxygens (including phenoxy) is 1. The minimum atomic E-state index is -2.46. The summed E-state index contributed by atoms with van der Waals surface area (Å²) in [5, 5.41) is 0. The lowest BCUT2D eigenvalue weighted by atomic mass is 10.00. The summed E-state index contributed by atoms with van der Waals surface area (Å²) in [6.07, 6.45) is 10.2. The Hall–Kier alpha value is -3.33. The maximum absolute atomic E-state index is 14.2. The van der Waals surface area contributed by atoms with Gasteiger partial charge in [0, 0.05) is 58.2 Å². The van der Waals surface area contributed by atoms with Crippen LogP contribution in [0.4, 0.5) is 14.5 Å². The second kappa shape index (κ2) is 7.73. The first-order chi connectivity index (χ1) is 14.6. The van der Waals surface area contributed by atoms with Gasteiger partial charge in [0.15, 0.2) is 11.6 Å². The van der Waals surface area contributed by atoms with Crippen LogP contribution in [0.15, 0.2) is 51.9 Å². The third kappa shape index (κ3) is 4.27. The fraction of sp³-hybridized carbons (Fsp3) is 0.182. The average Bonchev–Trinajstić information content (AvgIpc) is 3.17. The van der Waals surface area contributed by atoms with Crippen molar-refractivity contribution in [2.75, 3.05) is 12.5 Å². The number of nitrogens with zero attached hydrogens (tertiary/aromatic N) is 3. The molecule has 0 bridgehead atoms. The van der Waals surface area contributed by atoms with Crippen molar-refractivity contribution in [3.63, 3.8) is 0 Å². The van der Waals surface area contributed by atoms with E-state index in [0.29, 0.717) is 40.4 Å². The quantitative estimate of drug-likeness (QED) is 0.597. The summed E-state index contributed by atoms with van der Waals surface area (Å²) >= 11 is 0. The van der Waals surface area contributed by atoms with E-state index >= 15 is 0 Å². The highest BCUT2D eigenvalue weighted by Gasteiger charge is 2.21. The Labute approximate surface area is 178 Å². The predicted molar refractivity (Wildman–Crippen MR) is 116 cm³/mol. The first-order valence-corrected chi connectivity index (χ1v) is 11.6. The molecule has 9 heteroatoms. The molecule has 0 radical (unpaired) electrons. The highest BCUT2D eigenvalue weighted by Crippen LogP contribution is 2.38. The van der Waals surface area contributed by atoms with E-state index in [-0.39, 0.29) is 17.2 Å². The van der Waals surface area contributed by atoms with Crippen molar-refractivity contribution in [3.8, 4) is 22.8 Å². The molecule has 0 spiro atoms. The van der Waals surface area contributed by atoms with Crippen molar-refractivity contribution < 1.29 is 17.7 Å². The molecule has 2 aromatic heterocycles. The van der Waals surface area contributed by atoms with Crippen molar-refractivity contribution in [2.24, 2.45) is 11.4 Å². The molecule has 1 aliphatic carbocycles. The van der Waals surface area contributed by atoms with Crippen LogP contribution >= 0.6 is 0 Å². The number of allylic oxidation sites excluding steroid dienone is 1. The van der Waals surface area contributed by atoms with E-state index in [0.717, 1.165) is 6.07 Å². The zero-order valence-electron chi connectivity index (χ0n) is 17.1. The minimum absolute atomic E-state index is 0.0457. The number of benzene rings is 1. The van der Waals surface area contributed by atoms with E-state index in [1.165, 1.54) is 29.3 Å². The third-order valence-electron chi connectivity index (χ3n) is 4.68. The smallest absolute Gasteiger partial charge is 0.254 e. The number of pyridine rings is 2. The fourth-order valence-corrected chi connectivity index (χ4v) is 4.00. The van der Waals surface area contributed by atoms with E-state index in [1.807, 2.05) is 12.2 Å². The van der Waals surface area contributed by atoms with Gasteiger partial charge in [0.1, 0.15) is 5.82 Å². The van der Waals surface area contributed by atoms with Crippen LogP contribution in [0.25, 0.3) is 17.2 Å². The summed E-state index contributed by atoms with van der Waals surface area (Å²) < 4.78 is 51.0. The minimum Gasteiger partial charge on any atom is -0.435 e. The molecule has 0 aliphatic heterocycles. The molecule has 1 aliphatic rings. The second-order valence-corrected chi connectivity index (χ2v) is 10.00. The van der Waals surface area contributed by atoms with Crippen molar-refractivity contribution >= 4 is 21.5 Å². The summed E-state index contributed by atoms with van der Waals surface area (Å²) in [4.78, 5) is 16.7. The number of hydrogen-bond donors (Lipinski definition) is 0. The highest BCUT2D eigenvalue weighted by atomic mass is 32.2. The predicted octanol–water partition coefficient (Wildman–Crippen LogP) is 4.45. The molecule has 0 fully saturated rings. The molecule has 0 amide bonds. The SMILES string of the molecule is Cn1cc(-c2cc(N=S(C)(C)=O)cnc2Oc2ccc(F)cc2F)c2c(c1=O)CC=C2. The van der Waals surface area contributed by atoms with E-state index < -0.39 is 21.4 Å². The summed E-state index contributed by atoms with van der Waals surface area (Å²) in [6, 6.07) is 4.60. The van der Waals surface area contributed by atoms with Crippen molar-refractivity contribution in [1.29, 1.82) is 0 Å². The van der Waals surface area contributed by atoms with Gasteiger partial charge in [-0.2, -0.15) is 4.36 Å². The largest absolute Gasteiger partial charge is 0.435 e. The lowest BCUT2D eigenvalue weighted by molar-refractivity contribution is 0.425. The molecule has 1 aromatic carbocycles. The molecule has 4 rings (SSSR count). The Morgan fingerprint density at radius 1 is 1.19 bits per heavy atom. The molecule has 0 saturated heterocycles. The van der Waals surface area contributed by atoms with Crippen molar-refractivity contribution in [1.82, 2.24) is 9.55 Å². The van der Waals surface area contributed by atoms with Crippen LogP contribution in [0.3, 0.4) is 0 Å². The van der Waals surface area contributed by atoms with Crippen LogP contribution in [0.5, 0.6) is 11.6 Å². The number of halogens is 2. The number of aryl methyl sites for hydroxylation is 1. The molecular weight excluding hydrogens is 424 g/mol. The van der Waals surface area contributed by atoms with Gasteiger partial charge in [0.05, 0.1) is 11.9 Å². The molecule has 0 saturated carbocycles. The molecule has 31 heavy (non-hydrogen) atoms. The van der Waals surface area contributed by atoms with Crippen LogP contribution in [0, 0.1) is 11.6 Å². The Morgan fingerprint density at radius 2 is 1.97 bits per heavy atom. The Kier molecular flexibility index (Phi) is 5.22. The van der Waals surface area contributed by atoms with Gasteiger partial charge in [0.2, 0.25) is 5.88 Å². The summed E-state index contributed by atoms with van der Waals surface area (Å²) in [5.41, 5.74) is 2.63. The Balaban J connectivity index is 1.95. The fourth-order valence-electron chi connectivity index (χ4n) is 3.39. The summed E-state index contributed by atoms with van der Waals surface area (Å²) in [6.45, 7) is 0. The molecule has 6 nitrogen and oxygen atoms in total. The van der Waals surface area contributed by atoms with Gasteiger partial charge in [0.25, 0.3) is 5.56 Å². The summed E-state index contributed by atoms with van der Waals surface area (Å²) in [5.74, 6) is -1.76. The molecule has 0 atom stereocenters. The number of hydrogen-bond acceptors (Lipinski definition) is 5. The number of rotatable bonds is 4. The van der Waals surface area contributed by atoms with E-state index in [4.69, 9.17) is 4.74 Å². The Morgan fingerprint density at radius 3 is 2.68 bits per heavy atom. The van der Waals surface area contributed by atoms with Gasteiger partial charge < -0.3 is 9.30 Å². The zero-order chi connectivity index (χ0) is 22.3. The van der Waals surface area contributed by atoms with E-state index in [1.54, 1.807) is 19.3 Å². The molecular formula is C22H19F2N3O3S. The molecule has 160 valence electrons. The maximum Gasteiger partial charge on any atom is 0.254 e. The van der Waals surface area contributed by atoms with Gasteiger partial charge in [-0.3, -0.25) is 4.79 Å². The van der Waals surface area contributed by atoms with Gasteiger partial charge >= 0.3 is 0 Å². The van der Waals surface area contributed by atoms with Crippen LogP contribution in [-0.2, 0) is 23.2 Å².